The molecule has 0 rings (SSSR count). The highest BCUT2D eigenvalue weighted by Gasteiger charge is 2.07. The average Bonchev–Trinajstić information content (AvgIpc) is 2.61. The smallest absolute Gasteiger partial charge is 0.0900 e. The lowest BCUT2D eigenvalue weighted by atomic mass is 10.0. The molecule has 1 unspecified atom stereocenters. The predicted octanol–water partition coefficient (Wildman–Crippen LogP) is 4.77. The zero-order valence-electron chi connectivity index (χ0n) is 17.8. The zero-order chi connectivity index (χ0) is 19.3. The molecule has 0 radical (unpaired) electrons. The summed E-state index contributed by atoms with van der Waals surface area (Å²) >= 11 is 0. The Hall–Kier alpha value is -0.160. The van der Waals surface area contributed by atoms with Crippen LogP contribution in [-0.4, -0.2) is 61.2 Å². The maximum atomic E-state index is 9.81. The van der Waals surface area contributed by atoms with E-state index in [1.165, 1.54) is 83.5 Å². The largest absolute Gasteiger partial charge is 0.395 e. The maximum Gasteiger partial charge on any atom is 0.0900 e. The Morgan fingerprint density at radius 3 is 1.69 bits per heavy atom. The SMILES string of the molecule is CCCCCCCCCCCCCCCCOCC(O)CN(C)CCO. The molecule has 0 bridgehead atoms. The second-order valence-corrected chi connectivity index (χ2v) is 7.81. The van der Waals surface area contributed by atoms with Gasteiger partial charge in [0, 0.05) is 19.7 Å². The molecule has 0 aromatic carbocycles. The minimum Gasteiger partial charge on any atom is -0.395 e. The zero-order valence-corrected chi connectivity index (χ0v) is 17.8. The van der Waals surface area contributed by atoms with E-state index in [0.29, 0.717) is 19.7 Å². The molecule has 26 heavy (non-hydrogen) atoms. The Morgan fingerprint density at radius 1 is 0.769 bits per heavy atom. The summed E-state index contributed by atoms with van der Waals surface area (Å²) in [5.41, 5.74) is 0. The summed E-state index contributed by atoms with van der Waals surface area (Å²) in [6.07, 6.45) is 18.6. The van der Waals surface area contributed by atoms with Crippen molar-refractivity contribution >= 4 is 0 Å². The van der Waals surface area contributed by atoms with Crippen LogP contribution in [0.15, 0.2) is 0 Å². The molecule has 0 amide bonds. The van der Waals surface area contributed by atoms with E-state index in [1.807, 2.05) is 11.9 Å². The first kappa shape index (κ1) is 25.8. The van der Waals surface area contributed by atoms with Crippen molar-refractivity contribution < 1.29 is 14.9 Å². The molecule has 0 saturated heterocycles. The molecule has 0 spiro atoms. The quantitative estimate of drug-likeness (QED) is 0.285. The average molecular weight is 374 g/mol. The van der Waals surface area contributed by atoms with Crippen molar-refractivity contribution in [3.63, 3.8) is 0 Å². The highest BCUT2D eigenvalue weighted by Crippen LogP contribution is 2.12. The van der Waals surface area contributed by atoms with E-state index < -0.39 is 6.10 Å². The second-order valence-electron chi connectivity index (χ2n) is 7.81. The lowest BCUT2D eigenvalue weighted by Gasteiger charge is -2.19. The molecule has 158 valence electrons. The number of ether oxygens (including phenoxy) is 1. The molecule has 0 saturated carbocycles. The van der Waals surface area contributed by atoms with E-state index in [2.05, 4.69) is 6.92 Å². The highest BCUT2D eigenvalue weighted by molar-refractivity contribution is 4.60. The Bertz CT molecular complexity index is 264. The highest BCUT2D eigenvalue weighted by atomic mass is 16.5. The van der Waals surface area contributed by atoms with Gasteiger partial charge < -0.3 is 19.8 Å². The number of rotatable bonds is 21. The number of hydrogen-bond acceptors (Lipinski definition) is 4. The van der Waals surface area contributed by atoms with Crippen molar-refractivity contribution in [2.75, 3.05) is 40.0 Å². The number of likely N-dealkylation sites (N-methyl/N-ethyl adjacent to an activating group) is 1. The summed E-state index contributed by atoms with van der Waals surface area (Å²) < 4.78 is 5.54. The summed E-state index contributed by atoms with van der Waals surface area (Å²) in [5.74, 6) is 0. The van der Waals surface area contributed by atoms with E-state index in [4.69, 9.17) is 9.84 Å². The van der Waals surface area contributed by atoms with Crippen LogP contribution in [-0.2, 0) is 4.74 Å². The van der Waals surface area contributed by atoms with Crippen LogP contribution < -0.4 is 0 Å². The van der Waals surface area contributed by atoms with Crippen LogP contribution >= 0.6 is 0 Å². The van der Waals surface area contributed by atoms with Crippen LogP contribution in [0.25, 0.3) is 0 Å². The van der Waals surface area contributed by atoms with Crippen molar-refractivity contribution in [3.05, 3.63) is 0 Å². The first-order valence-corrected chi connectivity index (χ1v) is 11.3. The van der Waals surface area contributed by atoms with Gasteiger partial charge in [0.25, 0.3) is 0 Å². The van der Waals surface area contributed by atoms with Crippen LogP contribution in [0.4, 0.5) is 0 Å². The summed E-state index contributed by atoms with van der Waals surface area (Å²) in [6, 6.07) is 0. The molecule has 0 aliphatic rings. The topological polar surface area (TPSA) is 52.9 Å². The molecule has 0 aliphatic heterocycles. The van der Waals surface area contributed by atoms with Gasteiger partial charge in [0.2, 0.25) is 0 Å². The van der Waals surface area contributed by atoms with Gasteiger partial charge in [-0.2, -0.15) is 0 Å². The number of aliphatic hydroxyl groups excluding tert-OH is 2. The Kier molecular flexibility index (Phi) is 21.0. The lowest BCUT2D eigenvalue weighted by molar-refractivity contribution is 0.0176. The van der Waals surface area contributed by atoms with Crippen molar-refractivity contribution in [2.24, 2.45) is 0 Å². The van der Waals surface area contributed by atoms with Crippen LogP contribution in [0.2, 0.25) is 0 Å². The summed E-state index contributed by atoms with van der Waals surface area (Å²) in [4.78, 5) is 1.92. The Balaban J connectivity index is 3.13. The van der Waals surface area contributed by atoms with Gasteiger partial charge in [0.1, 0.15) is 0 Å². The van der Waals surface area contributed by atoms with E-state index in [1.54, 1.807) is 0 Å². The minimum atomic E-state index is -0.460. The van der Waals surface area contributed by atoms with E-state index in [9.17, 15) is 5.11 Å². The van der Waals surface area contributed by atoms with Gasteiger partial charge in [-0.05, 0) is 13.5 Å². The minimum absolute atomic E-state index is 0.128. The van der Waals surface area contributed by atoms with Gasteiger partial charge in [-0.3, -0.25) is 0 Å². The summed E-state index contributed by atoms with van der Waals surface area (Å²) in [6.45, 7) is 4.70. The Morgan fingerprint density at radius 2 is 1.23 bits per heavy atom. The van der Waals surface area contributed by atoms with E-state index >= 15 is 0 Å². The first-order valence-electron chi connectivity index (χ1n) is 11.3. The van der Waals surface area contributed by atoms with E-state index in [-0.39, 0.29) is 6.61 Å². The molecule has 0 aromatic heterocycles. The molecule has 1 atom stereocenters. The lowest BCUT2D eigenvalue weighted by Crippen LogP contribution is -2.33. The van der Waals surface area contributed by atoms with Crippen molar-refractivity contribution in [3.8, 4) is 0 Å². The molecule has 0 fully saturated rings. The molecule has 4 nitrogen and oxygen atoms in total. The van der Waals surface area contributed by atoms with Gasteiger partial charge in [0.15, 0.2) is 0 Å². The van der Waals surface area contributed by atoms with Crippen molar-refractivity contribution in [2.45, 2.75) is 103 Å². The van der Waals surface area contributed by atoms with Gasteiger partial charge in [-0.15, -0.1) is 0 Å². The van der Waals surface area contributed by atoms with Gasteiger partial charge in [-0.1, -0.05) is 90.4 Å². The van der Waals surface area contributed by atoms with Crippen LogP contribution in [0.5, 0.6) is 0 Å². The van der Waals surface area contributed by atoms with E-state index in [0.717, 1.165) is 13.0 Å². The standard InChI is InChI=1S/C22H47NO3/c1-3-4-5-6-7-8-9-10-11-12-13-14-15-16-19-26-21-22(25)20-23(2)17-18-24/h22,24-25H,3-21H2,1-2H3. The van der Waals surface area contributed by atoms with Gasteiger partial charge in [-0.25, -0.2) is 0 Å². The van der Waals surface area contributed by atoms with Crippen LogP contribution in [0.1, 0.15) is 96.8 Å². The third-order valence-electron chi connectivity index (χ3n) is 4.96. The monoisotopic (exact) mass is 373 g/mol. The molecule has 4 heteroatoms. The first-order chi connectivity index (χ1) is 12.7. The van der Waals surface area contributed by atoms with Crippen molar-refractivity contribution in [1.82, 2.24) is 4.90 Å². The van der Waals surface area contributed by atoms with Crippen molar-refractivity contribution in [1.29, 1.82) is 0 Å². The fraction of sp³-hybridized carbons (Fsp3) is 1.00. The van der Waals surface area contributed by atoms with Gasteiger partial charge in [0.05, 0.1) is 19.3 Å². The maximum absolute atomic E-state index is 9.81. The molecule has 2 N–H and O–H groups in total. The molecule has 0 aliphatic carbocycles. The molecular weight excluding hydrogens is 326 g/mol. The second kappa shape index (κ2) is 21.1. The summed E-state index contributed by atoms with van der Waals surface area (Å²) in [5, 5.41) is 18.6. The van der Waals surface area contributed by atoms with Gasteiger partial charge >= 0.3 is 0 Å². The van der Waals surface area contributed by atoms with Crippen LogP contribution in [0.3, 0.4) is 0 Å². The third kappa shape index (κ3) is 20.2. The van der Waals surface area contributed by atoms with Crippen LogP contribution in [0, 0.1) is 0 Å². The fourth-order valence-corrected chi connectivity index (χ4v) is 3.29. The summed E-state index contributed by atoms with van der Waals surface area (Å²) in [7, 11) is 1.90. The third-order valence-corrected chi connectivity index (χ3v) is 4.96. The fourth-order valence-electron chi connectivity index (χ4n) is 3.29. The normalized spacial score (nSPS) is 12.8. The number of unbranched alkanes of at least 4 members (excludes halogenated alkanes) is 13. The molecule has 0 aromatic rings. The molecular formula is C22H47NO3. The molecule has 0 heterocycles. The Labute approximate surface area is 163 Å². The number of nitrogens with zero attached hydrogens (tertiary/aromatic N) is 1. The number of aliphatic hydroxyl groups is 2. The predicted molar refractivity (Wildman–Crippen MR) is 112 cm³/mol. The number of hydrogen-bond donors (Lipinski definition) is 2.